The summed E-state index contributed by atoms with van der Waals surface area (Å²) in [7, 11) is 0. The van der Waals surface area contributed by atoms with E-state index in [9.17, 15) is 9.18 Å². The van der Waals surface area contributed by atoms with Gasteiger partial charge in [0.1, 0.15) is 11.1 Å². The van der Waals surface area contributed by atoms with Crippen LogP contribution >= 0.6 is 11.8 Å². The van der Waals surface area contributed by atoms with Crippen LogP contribution in [0.3, 0.4) is 0 Å². The maximum absolute atomic E-state index is 13.6. The summed E-state index contributed by atoms with van der Waals surface area (Å²) in [6.45, 7) is 5.14. The smallest absolute Gasteiger partial charge is 0.240 e. The normalized spacial score (nSPS) is 12.0. The fourth-order valence-electron chi connectivity index (χ4n) is 2.72. The summed E-state index contributed by atoms with van der Waals surface area (Å²) in [5.41, 5.74) is 1.37. The van der Waals surface area contributed by atoms with Crippen molar-refractivity contribution < 1.29 is 9.18 Å². The van der Waals surface area contributed by atoms with Crippen LogP contribution in [0.4, 0.5) is 4.39 Å². The third-order valence-electron chi connectivity index (χ3n) is 4.12. The Morgan fingerprint density at radius 2 is 1.89 bits per heavy atom. The van der Waals surface area contributed by atoms with Crippen LogP contribution in [0.25, 0.3) is 5.69 Å². The second-order valence-corrected chi connectivity index (χ2v) is 6.84. The largest absolute Gasteiger partial charge is 0.342 e. The van der Waals surface area contributed by atoms with Crippen molar-refractivity contribution in [2.45, 2.75) is 24.3 Å². The average Bonchev–Trinajstić information content (AvgIpc) is 3.16. The van der Waals surface area contributed by atoms with Gasteiger partial charge in [0.05, 0.1) is 5.69 Å². The van der Waals surface area contributed by atoms with E-state index in [0.717, 1.165) is 5.56 Å². The average molecular weight is 385 g/mol. The van der Waals surface area contributed by atoms with Gasteiger partial charge in [0.25, 0.3) is 0 Å². The Balaban J connectivity index is 1.96. The highest BCUT2D eigenvalue weighted by Gasteiger charge is 2.28. The zero-order valence-corrected chi connectivity index (χ0v) is 15.9. The number of amides is 1. The molecule has 0 aliphatic heterocycles. The molecule has 0 aliphatic carbocycles. The van der Waals surface area contributed by atoms with E-state index >= 15 is 0 Å². The summed E-state index contributed by atoms with van der Waals surface area (Å²) < 4.78 is 15.0. The number of hydrogen-bond donors (Lipinski definition) is 0. The Kier molecular flexibility index (Phi) is 6.18. The molecule has 1 heterocycles. The van der Waals surface area contributed by atoms with Gasteiger partial charge in [-0.15, -0.1) is 5.10 Å². The highest BCUT2D eigenvalue weighted by Crippen LogP contribution is 2.36. The molecule has 140 valence electrons. The topological polar surface area (TPSA) is 63.9 Å². The number of likely N-dealkylation sites (N-methyl/N-ethyl adjacent to an activating group) is 1. The minimum Gasteiger partial charge on any atom is -0.342 e. The molecule has 0 spiro atoms. The van der Waals surface area contributed by atoms with Crippen LogP contribution in [0.5, 0.6) is 0 Å². The van der Waals surface area contributed by atoms with Gasteiger partial charge in [-0.25, -0.2) is 4.39 Å². The number of thioether (sulfide) groups is 1. The van der Waals surface area contributed by atoms with E-state index in [-0.39, 0.29) is 11.7 Å². The Labute approximate surface area is 161 Å². The Bertz CT molecular complexity index is 898. The molecular formula is C19H20FN5OS. The molecule has 0 radical (unpaired) electrons. The molecule has 3 aromatic rings. The van der Waals surface area contributed by atoms with Gasteiger partial charge in [-0.05, 0) is 48.0 Å². The predicted molar refractivity (Wildman–Crippen MR) is 102 cm³/mol. The SMILES string of the molecule is CCN(CC)C(=O)[C@@H](Sc1nnnn1-c1cccc(F)c1)c1ccccc1. The summed E-state index contributed by atoms with van der Waals surface area (Å²) in [6, 6.07) is 15.5. The van der Waals surface area contributed by atoms with Crippen molar-refractivity contribution in [2.75, 3.05) is 13.1 Å². The lowest BCUT2D eigenvalue weighted by atomic mass is 10.1. The monoisotopic (exact) mass is 385 g/mol. The van der Waals surface area contributed by atoms with E-state index in [1.54, 1.807) is 17.0 Å². The molecule has 0 saturated heterocycles. The first-order valence-electron chi connectivity index (χ1n) is 8.68. The van der Waals surface area contributed by atoms with Crippen LogP contribution in [0, 0.1) is 5.82 Å². The van der Waals surface area contributed by atoms with E-state index < -0.39 is 5.25 Å². The van der Waals surface area contributed by atoms with Gasteiger partial charge in [0.15, 0.2) is 0 Å². The molecule has 1 atom stereocenters. The zero-order valence-electron chi connectivity index (χ0n) is 15.1. The molecule has 0 saturated carbocycles. The van der Waals surface area contributed by atoms with Crippen LogP contribution in [0.2, 0.25) is 0 Å². The molecule has 3 rings (SSSR count). The number of nitrogens with zero attached hydrogens (tertiary/aromatic N) is 5. The third kappa shape index (κ3) is 4.33. The maximum atomic E-state index is 13.6. The van der Waals surface area contributed by atoms with E-state index in [2.05, 4.69) is 15.5 Å². The fourth-order valence-corrected chi connectivity index (χ4v) is 3.80. The van der Waals surface area contributed by atoms with Crippen molar-refractivity contribution in [1.29, 1.82) is 0 Å². The molecule has 1 amide bonds. The van der Waals surface area contributed by atoms with E-state index in [1.165, 1.54) is 28.6 Å². The molecule has 0 fully saturated rings. The Morgan fingerprint density at radius 1 is 1.15 bits per heavy atom. The van der Waals surface area contributed by atoms with Gasteiger partial charge in [-0.2, -0.15) is 4.68 Å². The minimum atomic E-state index is -0.496. The number of carbonyl (C=O) groups is 1. The van der Waals surface area contributed by atoms with Gasteiger partial charge in [0, 0.05) is 13.1 Å². The molecule has 2 aromatic carbocycles. The molecule has 8 heteroatoms. The summed E-state index contributed by atoms with van der Waals surface area (Å²) in [4.78, 5) is 14.9. The second kappa shape index (κ2) is 8.77. The molecule has 0 bridgehead atoms. The molecule has 0 N–H and O–H groups in total. The predicted octanol–water partition coefficient (Wildman–Crippen LogP) is 3.50. The molecule has 27 heavy (non-hydrogen) atoms. The first-order valence-corrected chi connectivity index (χ1v) is 9.56. The Hall–Kier alpha value is -2.74. The van der Waals surface area contributed by atoms with E-state index in [1.807, 2.05) is 44.2 Å². The van der Waals surface area contributed by atoms with E-state index in [4.69, 9.17) is 0 Å². The summed E-state index contributed by atoms with van der Waals surface area (Å²) in [5.74, 6) is -0.386. The number of halogens is 1. The zero-order chi connectivity index (χ0) is 19.2. The van der Waals surface area contributed by atoms with E-state index in [0.29, 0.717) is 23.9 Å². The summed E-state index contributed by atoms with van der Waals surface area (Å²) in [5, 5.41) is 11.7. The number of benzene rings is 2. The van der Waals surface area contributed by atoms with Crippen molar-refractivity contribution in [3.63, 3.8) is 0 Å². The Morgan fingerprint density at radius 3 is 2.56 bits per heavy atom. The molecule has 1 aromatic heterocycles. The number of tetrazole rings is 1. The van der Waals surface area contributed by atoms with Crippen LogP contribution in [0.1, 0.15) is 24.7 Å². The highest BCUT2D eigenvalue weighted by molar-refractivity contribution is 8.00. The fraction of sp³-hybridized carbons (Fsp3) is 0.263. The van der Waals surface area contributed by atoms with Crippen molar-refractivity contribution in [2.24, 2.45) is 0 Å². The minimum absolute atomic E-state index is 0.00927. The highest BCUT2D eigenvalue weighted by atomic mass is 32.2. The third-order valence-corrected chi connectivity index (χ3v) is 5.29. The van der Waals surface area contributed by atoms with Crippen molar-refractivity contribution in [1.82, 2.24) is 25.1 Å². The van der Waals surface area contributed by atoms with Gasteiger partial charge in [0.2, 0.25) is 11.1 Å². The standard InChI is InChI=1S/C19H20FN5OS/c1-3-24(4-2)18(26)17(14-9-6-5-7-10-14)27-19-21-22-23-25(19)16-12-8-11-15(20)13-16/h5-13,17H,3-4H2,1-2H3/t17-/m0/s1. The van der Waals surface area contributed by atoms with Gasteiger partial charge >= 0.3 is 0 Å². The van der Waals surface area contributed by atoms with Crippen molar-refractivity contribution in [3.8, 4) is 5.69 Å². The number of aromatic nitrogens is 4. The maximum Gasteiger partial charge on any atom is 0.240 e. The lowest BCUT2D eigenvalue weighted by Crippen LogP contribution is -2.34. The summed E-state index contributed by atoms with van der Waals surface area (Å²) in [6.07, 6.45) is 0. The second-order valence-electron chi connectivity index (χ2n) is 5.77. The van der Waals surface area contributed by atoms with Crippen LogP contribution in [-0.2, 0) is 4.79 Å². The lowest BCUT2D eigenvalue weighted by Gasteiger charge is -2.24. The number of rotatable bonds is 7. The summed E-state index contributed by atoms with van der Waals surface area (Å²) >= 11 is 1.26. The van der Waals surface area contributed by atoms with Gasteiger partial charge < -0.3 is 4.90 Å². The molecular weight excluding hydrogens is 365 g/mol. The first-order chi connectivity index (χ1) is 13.1. The van der Waals surface area contributed by atoms with Crippen LogP contribution < -0.4 is 0 Å². The van der Waals surface area contributed by atoms with Crippen LogP contribution in [-0.4, -0.2) is 44.1 Å². The first kappa shape index (κ1) is 19.0. The van der Waals surface area contributed by atoms with Gasteiger partial charge in [-0.3, -0.25) is 4.79 Å². The molecule has 0 aliphatic rings. The lowest BCUT2D eigenvalue weighted by molar-refractivity contribution is -0.130. The number of carbonyl (C=O) groups excluding carboxylic acids is 1. The quantitative estimate of drug-likeness (QED) is 0.583. The van der Waals surface area contributed by atoms with Gasteiger partial charge in [-0.1, -0.05) is 48.2 Å². The molecule has 6 nitrogen and oxygen atoms in total. The van der Waals surface area contributed by atoms with Crippen molar-refractivity contribution in [3.05, 3.63) is 66.0 Å². The van der Waals surface area contributed by atoms with Crippen LogP contribution in [0.15, 0.2) is 59.8 Å². The molecule has 0 unspecified atom stereocenters. The van der Waals surface area contributed by atoms with Crippen molar-refractivity contribution >= 4 is 17.7 Å². The number of hydrogen-bond acceptors (Lipinski definition) is 5.